The van der Waals surface area contributed by atoms with Gasteiger partial charge in [-0.15, -0.1) is 0 Å². The van der Waals surface area contributed by atoms with E-state index < -0.39 is 44.7 Å². The van der Waals surface area contributed by atoms with Crippen molar-refractivity contribution in [1.29, 1.82) is 0 Å². The molecule has 21 heavy (non-hydrogen) atoms. The van der Waals surface area contributed by atoms with Gasteiger partial charge in [0.25, 0.3) is 0 Å². The maximum absolute atomic E-state index is 13.6. The Balaban J connectivity index is 3.09. The summed E-state index contributed by atoms with van der Waals surface area (Å²) >= 11 is 0. The molecule has 1 aromatic carbocycles. The van der Waals surface area contributed by atoms with E-state index in [0.29, 0.717) is 10.4 Å². The Kier molecular flexibility index (Phi) is 5.41. The van der Waals surface area contributed by atoms with Crippen LogP contribution in [0.3, 0.4) is 0 Å². The van der Waals surface area contributed by atoms with Gasteiger partial charge < -0.3 is 4.74 Å². The number of benzene rings is 1. The molecule has 0 aliphatic carbocycles. The van der Waals surface area contributed by atoms with E-state index in [1.807, 2.05) is 0 Å². The second kappa shape index (κ2) is 6.48. The van der Waals surface area contributed by atoms with Crippen molar-refractivity contribution >= 4 is 16.0 Å². The minimum atomic E-state index is -4.28. The molecule has 0 spiro atoms. The predicted octanol–water partition coefficient (Wildman–Crippen LogP) is 1.93. The van der Waals surface area contributed by atoms with Crippen LogP contribution in [-0.4, -0.2) is 37.9 Å². The van der Waals surface area contributed by atoms with Crippen molar-refractivity contribution in [2.45, 2.75) is 37.8 Å². The number of carbonyl (C=O) groups excluding carboxylic acids is 1. The maximum atomic E-state index is 13.6. The Labute approximate surface area is 122 Å². The van der Waals surface area contributed by atoms with Crippen LogP contribution in [0.15, 0.2) is 23.1 Å². The summed E-state index contributed by atoms with van der Waals surface area (Å²) in [5.41, 5.74) is 0. The molecule has 0 N–H and O–H groups in total. The monoisotopic (exact) mass is 321 g/mol. The molecule has 5 nitrogen and oxygen atoms in total. The van der Waals surface area contributed by atoms with E-state index in [4.69, 9.17) is 4.74 Å². The number of esters is 1. The van der Waals surface area contributed by atoms with Crippen molar-refractivity contribution < 1.29 is 26.7 Å². The SMILES string of the molecule is CC(C)OC(=O)[C@H](C)N(C)S(=O)(=O)c1ccc(F)cc1F. The summed E-state index contributed by atoms with van der Waals surface area (Å²) in [5, 5.41) is 0. The molecular formula is C13H17F2NO4S. The summed E-state index contributed by atoms with van der Waals surface area (Å²) < 4.78 is 56.6. The molecule has 0 aliphatic heterocycles. The van der Waals surface area contributed by atoms with Crippen LogP contribution in [0.2, 0.25) is 0 Å². The Morgan fingerprint density at radius 1 is 1.24 bits per heavy atom. The number of sulfonamides is 1. The van der Waals surface area contributed by atoms with Crippen molar-refractivity contribution in [1.82, 2.24) is 4.31 Å². The van der Waals surface area contributed by atoms with Crippen molar-refractivity contribution in [2.75, 3.05) is 7.05 Å². The fourth-order valence-electron chi connectivity index (χ4n) is 1.53. The fraction of sp³-hybridized carbons (Fsp3) is 0.462. The Hall–Kier alpha value is -1.54. The summed E-state index contributed by atoms with van der Waals surface area (Å²) in [6, 6.07) is 0.984. The van der Waals surface area contributed by atoms with E-state index in [2.05, 4.69) is 0 Å². The number of halogens is 2. The van der Waals surface area contributed by atoms with Gasteiger partial charge in [0, 0.05) is 13.1 Å². The first-order valence-corrected chi connectivity index (χ1v) is 7.65. The smallest absolute Gasteiger partial charge is 0.324 e. The van der Waals surface area contributed by atoms with Gasteiger partial charge in [-0.3, -0.25) is 4.79 Å². The molecule has 0 fully saturated rings. The van der Waals surface area contributed by atoms with Gasteiger partial charge in [-0.1, -0.05) is 0 Å². The zero-order valence-corrected chi connectivity index (χ0v) is 12.9. The van der Waals surface area contributed by atoms with Gasteiger partial charge in [0.15, 0.2) is 0 Å². The van der Waals surface area contributed by atoms with Crippen molar-refractivity contribution in [3.63, 3.8) is 0 Å². The van der Waals surface area contributed by atoms with Crippen molar-refractivity contribution in [3.05, 3.63) is 29.8 Å². The van der Waals surface area contributed by atoms with Crippen LogP contribution >= 0.6 is 0 Å². The first-order valence-electron chi connectivity index (χ1n) is 6.21. The van der Waals surface area contributed by atoms with Crippen LogP contribution in [0.5, 0.6) is 0 Å². The molecule has 0 unspecified atom stereocenters. The zero-order chi connectivity index (χ0) is 16.4. The fourth-order valence-corrected chi connectivity index (χ4v) is 2.88. The first kappa shape index (κ1) is 17.5. The summed E-state index contributed by atoms with van der Waals surface area (Å²) in [4.78, 5) is 11.0. The highest BCUT2D eigenvalue weighted by Gasteiger charge is 2.32. The van der Waals surface area contributed by atoms with Crippen LogP contribution < -0.4 is 0 Å². The lowest BCUT2D eigenvalue weighted by atomic mass is 10.3. The Bertz CT molecular complexity index is 631. The molecule has 118 valence electrons. The van der Waals surface area contributed by atoms with Crippen LogP contribution in [0, 0.1) is 11.6 Å². The average molecular weight is 321 g/mol. The summed E-state index contributed by atoms with van der Waals surface area (Å²) in [7, 11) is -3.15. The molecule has 0 saturated heterocycles. The molecule has 1 aromatic rings. The largest absolute Gasteiger partial charge is 0.462 e. The molecule has 0 amide bonds. The molecule has 1 atom stereocenters. The molecule has 0 heterocycles. The quantitative estimate of drug-likeness (QED) is 0.777. The lowest BCUT2D eigenvalue weighted by Crippen LogP contribution is -2.42. The van der Waals surface area contributed by atoms with Gasteiger partial charge in [0.1, 0.15) is 22.6 Å². The summed E-state index contributed by atoms with van der Waals surface area (Å²) in [6.45, 7) is 4.57. The molecule has 0 saturated carbocycles. The Morgan fingerprint density at radius 3 is 2.29 bits per heavy atom. The number of ether oxygens (including phenoxy) is 1. The normalized spacial score (nSPS) is 13.5. The third kappa shape index (κ3) is 3.98. The van der Waals surface area contributed by atoms with Crippen molar-refractivity contribution in [3.8, 4) is 0 Å². The van der Waals surface area contributed by atoms with Crippen LogP contribution in [0.1, 0.15) is 20.8 Å². The third-order valence-electron chi connectivity index (χ3n) is 2.79. The highest BCUT2D eigenvalue weighted by molar-refractivity contribution is 7.89. The van der Waals surface area contributed by atoms with Gasteiger partial charge in [-0.2, -0.15) is 4.31 Å². The lowest BCUT2D eigenvalue weighted by Gasteiger charge is -2.23. The van der Waals surface area contributed by atoms with Gasteiger partial charge in [0.05, 0.1) is 6.10 Å². The van der Waals surface area contributed by atoms with E-state index in [9.17, 15) is 22.0 Å². The van der Waals surface area contributed by atoms with E-state index in [0.717, 1.165) is 19.2 Å². The van der Waals surface area contributed by atoms with Crippen molar-refractivity contribution in [2.24, 2.45) is 0 Å². The highest BCUT2D eigenvalue weighted by atomic mass is 32.2. The molecule has 0 aliphatic rings. The molecular weight excluding hydrogens is 304 g/mol. The first-order chi connectivity index (χ1) is 9.57. The second-order valence-corrected chi connectivity index (χ2v) is 6.72. The van der Waals surface area contributed by atoms with Gasteiger partial charge >= 0.3 is 5.97 Å². The van der Waals surface area contributed by atoms with E-state index in [1.54, 1.807) is 13.8 Å². The topological polar surface area (TPSA) is 63.7 Å². The number of carbonyl (C=O) groups is 1. The van der Waals surface area contributed by atoms with Gasteiger partial charge in [-0.25, -0.2) is 17.2 Å². The molecule has 0 aromatic heterocycles. The summed E-state index contributed by atoms with van der Waals surface area (Å²) in [6.07, 6.45) is -0.404. The molecule has 8 heteroatoms. The van der Waals surface area contributed by atoms with E-state index in [-0.39, 0.29) is 0 Å². The molecule has 0 bridgehead atoms. The second-order valence-electron chi connectivity index (χ2n) is 4.76. The lowest BCUT2D eigenvalue weighted by molar-refractivity contribution is -0.151. The number of nitrogens with zero attached hydrogens (tertiary/aromatic N) is 1. The van der Waals surface area contributed by atoms with Crippen LogP contribution in [0.4, 0.5) is 8.78 Å². The average Bonchev–Trinajstić information content (AvgIpc) is 2.35. The summed E-state index contributed by atoms with van der Waals surface area (Å²) in [5.74, 6) is -2.86. The van der Waals surface area contributed by atoms with Gasteiger partial charge in [-0.05, 0) is 32.9 Å². The highest BCUT2D eigenvalue weighted by Crippen LogP contribution is 2.21. The molecule has 1 rings (SSSR count). The van der Waals surface area contributed by atoms with E-state index in [1.165, 1.54) is 6.92 Å². The predicted molar refractivity (Wildman–Crippen MR) is 72.0 cm³/mol. The maximum Gasteiger partial charge on any atom is 0.324 e. The minimum absolute atomic E-state index is 0.404. The zero-order valence-electron chi connectivity index (χ0n) is 12.1. The van der Waals surface area contributed by atoms with Gasteiger partial charge in [0.2, 0.25) is 10.0 Å². The number of hydrogen-bond acceptors (Lipinski definition) is 4. The number of hydrogen-bond donors (Lipinski definition) is 0. The van der Waals surface area contributed by atoms with Crippen LogP contribution in [0.25, 0.3) is 0 Å². The third-order valence-corrected chi connectivity index (χ3v) is 4.75. The number of likely N-dealkylation sites (N-methyl/N-ethyl adjacent to an activating group) is 1. The molecule has 0 radical (unpaired) electrons. The van der Waals surface area contributed by atoms with Crippen LogP contribution in [-0.2, 0) is 19.6 Å². The van der Waals surface area contributed by atoms with E-state index >= 15 is 0 Å². The number of rotatable bonds is 5. The minimum Gasteiger partial charge on any atom is -0.462 e. The standard InChI is InChI=1S/C13H17F2NO4S/c1-8(2)20-13(17)9(3)16(4)21(18,19)12-6-5-10(14)7-11(12)15/h5-9H,1-4H3/t9-/m0/s1. The Morgan fingerprint density at radius 2 is 1.81 bits per heavy atom.